The highest BCUT2D eigenvalue weighted by atomic mass is 32.2. The van der Waals surface area contributed by atoms with Gasteiger partial charge in [0.2, 0.25) is 0 Å². The van der Waals surface area contributed by atoms with E-state index in [2.05, 4.69) is 23.5 Å². The lowest BCUT2D eigenvalue weighted by atomic mass is 10.1. The van der Waals surface area contributed by atoms with E-state index in [1.165, 1.54) is 0 Å². The molecule has 1 aromatic heterocycles. The Balaban J connectivity index is 2.30. The van der Waals surface area contributed by atoms with Gasteiger partial charge in [-0.2, -0.15) is 0 Å². The van der Waals surface area contributed by atoms with Gasteiger partial charge in [0, 0.05) is 18.1 Å². The summed E-state index contributed by atoms with van der Waals surface area (Å²) in [6.07, 6.45) is 6.55. The molecule has 0 aliphatic rings. The molecule has 70 valence electrons. The molecule has 3 heteroatoms. The van der Waals surface area contributed by atoms with Gasteiger partial charge in [-0.1, -0.05) is 24.8 Å². The molecule has 1 atom stereocenters. The van der Waals surface area contributed by atoms with E-state index in [1.54, 1.807) is 24.2 Å². The molecule has 0 amide bonds. The van der Waals surface area contributed by atoms with Crippen LogP contribution in [-0.4, -0.2) is 15.7 Å². The van der Waals surface area contributed by atoms with E-state index in [0.717, 1.165) is 17.3 Å². The van der Waals surface area contributed by atoms with Gasteiger partial charge in [-0.15, -0.1) is 6.58 Å². The Morgan fingerprint density at radius 2 is 2.23 bits per heavy atom. The van der Waals surface area contributed by atoms with Gasteiger partial charge in [-0.05, 0) is 18.4 Å². The maximum Gasteiger partial charge on any atom is 0.187 e. The number of allylic oxidation sites excluding steroid dienone is 1. The molecule has 0 bridgehead atoms. The predicted molar refractivity (Wildman–Crippen MR) is 56.7 cm³/mol. The van der Waals surface area contributed by atoms with Crippen LogP contribution < -0.4 is 0 Å². The van der Waals surface area contributed by atoms with Crippen LogP contribution in [0.1, 0.15) is 13.3 Å². The van der Waals surface area contributed by atoms with Crippen molar-refractivity contribution in [3.63, 3.8) is 0 Å². The van der Waals surface area contributed by atoms with Gasteiger partial charge < -0.3 is 0 Å². The Hall–Kier alpha value is -0.830. The van der Waals surface area contributed by atoms with Crippen LogP contribution in [0, 0.1) is 5.92 Å². The van der Waals surface area contributed by atoms with Crippen molar-refractivity contribution in [3.05, 3.63) is 31.1 Å². The average molecular weight is 194 g/mol. The number of rotatable bonds is 5. The van der Waals surface area contributed by atoms with Crippen LogP contribution in [0.25, 0.3) is 0 Å². The normalized spacial score (nSPS) is 12.4. The number of aromatic nitrogens is 2. The fraction of sp³-hybridized carbons (Fsp3) is 0.400. The zero-order chi connectivity index (χ0) is 9.52. The minimum Gasteiger partial charge on any atom is -0.231 e. The third kappa shape index (κ3) is 4.08. The Labute approximate surface area is 83.5 Å². The summed E-state index contributed by atoms with van der Waals surface area (Å²) >= 11 is 1.70. The lowest BCUT2D eigenvalue weighted by Gasteiger charge is -2.05. The van der Waals surface area contributed by atoms with Crippen molar-refractivity contribution in [1.82, 2.24) is 9.97 Å². The summed E-state index contributed by atoms with van der Waals surface area (Å²) in [7, 11) is 0. The third-order valence-electron chi connectivity index (χ3n) is 1.61. The summed E-state index contributed by atoms with van der Waals surface area (Å²) in [6.45, 7) is 5.92. The molecule has 13 heavy (non-hydrogen) atoms. The average Bonchev–Trinajstić information content (AvgIpc) is 2.17. The maximum atomic E-state index is 4.14. The summed E-state index contributed by atoms with van der Waals surface area (Å²) < 4.78 is 0. The van der Waals surface area contributed by atoms with E-state index in [4.69, 9.17) is 0 Å². The Kier molecular flexibility index (Phi) is 4.54. The maximum absolute atomic E-state index is 4.14. The van der Waals surface area contributed by atoms with Crippen molar-refractivity contribution < 1.29 is 0 Å². The largest absolute Gasteiger partial charge is 0.231 e. The van der Waals surface area contributed by atoms with Crippen LogP contribution in [0.5, 0.6) is 0 Å². The molecule has 0 aliphatic heterocycles. The zero-order valence-electron chi connectivity index (χ0n) is 7.81. The number of hydrogen-bond acceptors (Lipinski definition) is 3. The topological polar surface area (TPSA) is 25.8 Å². The van der Waals surface area contributed by atoms with E-state index >= 15 is 0 Å². The molecule has 2 nitrogen and oxygen atoms in total. The predicted octanol–water partition coefficient (Wildman–Crippen LogP) is 2.78. The summed E-state index contributed by atoms with van der Waals surface area (Å²) in [4.78, 5) is 8.27. The summed E-state index contributed by atoms with van der Waals surface area (Å²) in [6, 6.07) is 1.83. The van der Waals surface area contributed by atoms with Crippen LogP contribution in [-0.2, 0) is 0 Å². The van der Waals surface area contributed by atoms with Gasteiger partial charge in [-0.25, -0.2) is 9.97 Å². The SMILES string of the molecule is C=CC[C@@H](C)CSc1ncccn1. The molecule has 1 heterocycles. The fourth-order valence-corrected chi connectivity index (χ4v) is 1.77. The highest BCUT2D eigenvalue weighted by Gasteiger charge is 2.01. The fourth-order valence-electron chi connectivity index (χ4n) is 0.929. The number of thioether (sulfide) groups is 1. The zero-order valence-corrected chi connectivity index (χ0v) is 8.63. The molecule has 0 saturated heterocycles. The Morgan fingerprint density at radius 3 is 2.85 bits per heavy atom. The van der Waals surface area contributed by atoms with Gasteiger partial charge in [-0.3, -0.25) is 0 Å². The molecule has 0 fully saturated rings. The van der Waals surface area contributed by atoms with E-state index in [0.29, 0.717) is 5.92 Å². The third-order valence-corrected chi connectivity index (χ3v) is 2.81. The summed E-state index contributed by atoms with van der Waals surface area (Å²) in [5.74, 6) is 1.70. The first-order valence-electron chi connectivity index (χ1n) is 4.33. The smallest absolute Gasteiger partial charge is 0.187 e. The second kappa shape index (κ2) is 5.75. The Morgan fingerprint density at radius 1 is 1.54 bits per heavy atom. The van der Waals surface area contributed by atoms with Crippen LogP contribution in [0.4, 0.5) is 0 Å². The molecule has 1 rings (SSSR count). The second-order valence-corrected chi connectivity index (χ2v) is 3.96. The van der Waals surface area contributed by atoms with E-state index < -0.39 is 0 Å². The molecule has 0 radical (unpaired) electrons. The van der Waals surface area contributed by atoms with Crippen molar-refractivity contribution >= 4 is 11.8 Å². The van der Waals surface area contributed by atoms with Crippen LogP contribution in [0.15, 0.2) is 36.3 Å². The van der Waals surface area contributed by atoms with Crippen LogP contribution >= 0.6 is 11.8 Å². The highest BCUT2D eigenvalue weighted by molar-refractivity contribution is 7.99. The summed E-state index contributed by atoms with van der Waals surface area (Å²) in [5, 5.41) is 0.860. The standard InChI is InChI=1S/C10H14N2S/c1-3-5-9(2)8-13-10-11-6-4-7-12-10/h3-4,6-7,9H,1,5,8H2,2H3/t9-/m1/s1. The first kappa shape index (κ1) is 10.3. The van der Waals surface area contributed by atoms with Crippen LogP contribution in [0.3, 0.4) is 0 Å². The molecule has 0 aromatic carbocycles. The molecule has 0 saturated carbocycles. The lowest BCUT2D eigenvalue weighted by Crippen LogP contribution is -1.97. The molecular formula is C10H14N2S. The molecule has 0 N–H and O–H groups in total. The number of hydrogen-bond donors (Lipinski definition) is 0. The van der Waals surface area contributed by atoms with E-state index in [9.17, 15) is 0 Å². The van der Waals surface area contributed by atoms with Crippen molar-refractivity contribution in [2.45, 2.75) is 18.5 Å². The highest BCUT2D eigenvalue weighted by Crippen LogP contribution is 2.17. The molecule has 0 unspecified atom stereocenters. The number of nitrogens with zero attached hydrogens (tertiary/aromatic N) is 2. The van der Waals surface area contributed by atoms with Crippen molar-refractivity contribution in [2.75, 3.05) is 5.75 Å². The monoisotopic (exact) mass is 194 g/mol. The van der Waals surface area contributed by atoms with Gasteiger partial charge >= 0.3 is 0 Å². The van der Waals surface area contributed by atoms with Crippen LogP contribution in [0.2, 0.25) is 0 Å². The van der Waals surface area contributed by atoms with E-state index in [1.807, 2.05) is 12.1 Å². The molecule has 0 aliphatic carbocycles. The second-order valence-electron chi connectivity index (χ2n) is 2.97. The Bertz CT molecular complexity index is 248. The minimum absolute atomic E-state index is 0.645. The van der Waals surface area contributed by atoms with Crippen molar-refractivity contribution in [3.8, 4) is 0 Å². The van der Waals surface area contributed by atoms with Gasteiger partial charge in [0.1, 0.15) is 0 Å². The van der Waals surface area contributed by atoms with E-state index in [-0.39, 0.29) is 0 Å². The molecular weight excluding hydrogens is 180 g/mol. The van der Waals surface area contributed by atoms with Gasteiger partial charge in [0.25, 0.3) is 0 Å². The first-order valence-corrected chi connectivity index (χ1v) is 5.32. The van der Waals surface area contributed by atoms with Gasteiger partial charge in [0.05, 0.1) is 0 Å². The quantitative estimate of drug-likeness (QED) is 0.409. The van der Waals surface area contributed by atoms with Gasteiger partial charge in [0.15, 0.2) is 5.16 Å². The summed E-state index contributed by atoms with van der Waals surface area (Å²) in [5.41, 5.74) is 0. The molecule has 1 aromatic rings. The van der Waals surface area contributed by atoms with Crippen molar-refractivity contribution in [1.29, 1.82) is 0 Å². The first-order chi connectivity index (χ1) is 6.33. The minimum atomic E-state index is 0.645. The lowest BCUT2D eigenvalue weighted by molar-refractivity contribution is 0.675. The molecule has 0 spiro atoms. The van der Waals surface area contributed by atoms with Crippen molar-refractivity contribution in [2.24, 2.45) is 5.92 Å².